The lowest BCUT2D eigenvalue weighted by molar-refractivity contribution is 0.0600. The van der Waals surface area contributed by atoms with Gasteiger partial charge in [0.2, 0.25) is 5.95 Å². The predicted molar refractivity (Wildman–Crippen MR) is 129 cm³/mol. The van der Waals surface area contributed by atoms with E-state index in [2.05, 4.69) is 11.0 Å². The van der Waals surface area contributed by atoms with Crippen molar-refractivity contribution in [3.63, 3.8) is 0 Å². The van der Waals surface area contributed by atoms with Crippen LogP contribution in [0.25, 0.3) is 0 Å². The minimum Gasteiger partial charge on any atom is -0.465 e. The number of carbonyl (C=O) groups is 1. The van der Waals surface area contributed by atoms with Crippen molar-refractivity contribution < 1.29 is 18.5 Å². The number of fused-ring (bicyclic) bond motifs is 1. The second-order valence-corrected chi connectivity index (χ2v) is 10.6. The number of piperidine rings is 1. The number of hydrogen-bond acceptors (Lipinski definition) is 9. The lowest BCUT2D eigenvalue weighted by Crippen LogP contribution is -2.46. The van der Waals surface area contributed by atoms with E-state index in [0.717, 1.165) is 50.0 Å². The van der Waals surface area contributed by atoms with E-state index in [9.17, 15) is 9.00 Å². The van der Waals surface area contributed by atoms with Crippen LogP contribution < -0.4 is 15.8 Å². The molecule has 5 rings (SSSR count). The van der Waals surface area contributed by atoms with Crippen molar-refractivity contribution in [2.24, 2.45) is 5.84 Å². The SMILES string of the molecule is COC(=O)c1cccc(C2CCN(c3nc4c(c(N(N)C5CCOCC5)n3)S(=O)CC4)CC2)c1. The Balaban J connectivity index is 1.35. The topological polar surface area (TPSA) is 111 Å². The van der Waals surface area contributed by atoms with Crippen molar-refractivity contribution in [2.75, 3.05) is 49.1 Å². The van der Waals surface area contributed by atoms with E-state index >= 15 is 0 Å². The molecular weight excluding hydrogens is 454 g/mol. The Morgan fingerprint density at radius 1 is 1.21 bits per heavy atom. The Morgan fingerprint density at radius 2 is 1.97 bits per heavy atom. The summed E-state index contributed by atoms with van der Waals surface area (Å²) in [6.45, 7) is 2.95. The zero-order valence-electron chi connectivity index (χ0n) is 19.4. The molecule has 2 N–H and O–H groups in total. The summed E-state index contributed by atoms with van der Waals surface area (Å²) in [5, 5.41) is 1.71. The maximum atomic E-state index is 12.7. The number of benzene rings is 1. The second-order valence-electron chi connectivity index (χ2n) is 9.05. The third-order valence-electron chi connectivity index (χ3n) is 7.04. The normalized spacial score (nSPS) is 21.4. The van der Waals surface area contributed by atoms with Crippen LogP contribution in [0.4, 0.5) is 11.8 Å². The maximum Gasteiger partial charge on any atom is 0.337 e. The number of anilines is 2. The van der Waals surface area contributed by atoms with Crippen molar-refractivity contribution in [2.45, 2.75) is 49.0 Å². The molecule has 4 heterocycles. The van der Waals surface area contributed by atoms with Crippen LogP contribution in [-0.4, -0.2) is 65.4 Å². The van der Waals surface area contributed by atoms with Crippen LogP contribution in [0.5, 0.6) is 0 Å². The highest BCUT2D eigenvalue weighted by Gasteiger charge is 2.33. The summed E-state index contributed by atoms with van der Waals surface area (Å²) < 4.78 is 23.1. The molecule has 1 aromatic heterocycles. The molecule has 10 heteroatoms. The van der Waals surface area contributed by atoms with Gasteiger partial charge >= 0.3 is 5.97 Å². The average molecular weight is 486 g/mol. The first-order valence-corrected chi connectivity index (χ1v) is 13.2. The van der Waals surface area contributed by atoms with Gasteiger partial charge in [0, 0.05) is 38.5 Å². The molecule has 0 radical (unpaired) electrons. The monoisotopic (exact) mass is 485 g/mol. The van der Waals surface area contributed by atoms with Crippen LogP contribution >= 0.6 is 0 Å². The third-order valence-corrected chi connectivity index (χ3v) is 8.49. The van der Waals surface area contributed by atoms with Crippen molar-refractivity contribution in [3.8, 4) is 0 Å². The van der Waals surface area contributed by atoms with E-state index in [0.29, 0.717) is 53.5 Å². The molecular formula is C24H31N5O4S. The molecule has 0 bridgehead atoms. The van der Waals surface area contributed by atoms with E-state index < -0.39 is 10.8 Å². The number of esters is 1. The van der Waals surface area contributed by atoms with Crippen LogP contribution in [0.3, 0.4) is 0 Å². The molecule has 34 heavy (non-hydrogen) atoms. The molecule has 1 atom stereocenters. The summed E-state index contributed by atoms with van der Waals surface area (Å²) in [4.78, 5) is 24.5. The van der Waals surface area contributed by atoms with Gasteiger partial charge in [-0.1, -0.05) is 12.1 Å². The van der Waals surface area contributed by atoms with E-state index in [1.165, 1.54) is 7.11 Å². The van der Waals surface area contributed by atoms with E-state index in [1.807, 2.05) is 12.1 Å². The number of ether oxygens (including phenoxy) is 2. The van der Waals surface area contributed by atoms with Gasteiger partial charge in [0.15, 0.2) is 5.82 Å². The van der Waals surface area contributed by atoms with Gasteiger partial charge in [-0.2, -0.15) is 4.98 Å². The van der Waals surface area contributed by atoms with Gasteiger partial charge in [-0.3, -0.25) is 9.22 Å². The molecule has 3 aliphatic heterocycles. The molecule has 1 aromatic carbocycles. The van der Waals surface area contributed by atoms with E-state index in [-0.39, 0.29) is 12.0 Å². The van der Waals surface area contributed by atoms with Gasteiger partial charge in [0.25, 0.3) is 0 Å². The van der Waals surface area contributed by atoms with Gasteiger partial charge < -0.3 is 14.4 Å². The summed E-state index contributed by atoms with van der Waals surface area (Å²) in [6.07, 6.45) is 4.20. The largest absolute Gasteiger partial charge is 0.465 e. The van der Waals surface area contributed by atoms with Crippen LogP contribution in [0.1, 0.15) is 53.2 Å². The molecule has 0 spiro atoms. The number of aryl methyl sites for hydroxylation is 1. The Labute approximate surface area is 202 Å². The summed E-state index contributed by atoms with van der Waals surface area (Å²) >= 11 is 0. The highest BCUT2D eigenvalue weighted by molar-refractivity contribution is 7.85. The lowest BCUT2D eigenvalue weighted by atomic mass is 9.88. The van der Waals surface area contributed by atoms with Crippen molar-refractivity contribution >= 4 is 28.5 Å². The fraction of sp³-hybridized carbons (Fsp3) is 0.542. The van der Waals surface area contributed by atoms with Gasteiger partial charge in [0.1, 0.15) is 4.90 Å². The summed E-state index contributed by atoms with van der Waals surface area (Å²) in [5.41, 5.74) is 2.59. The van der Waals surface area contributed by atoms with Crippen LogP contribution in [0, 0.1) is 0 Å². The number of nitrogens with two attached hydrogens (primary N) is 1. The fourth-order valence-corrected chi connectivity index (χ4v) is 6.42. The minimum absolute atomic E-state index is 0.117. The molecule has 2 fully saturated rings. The highest BCUT2D eigenvalue weighted by atomic mass is 32.2. The van der Waals surface area contributed by atoms with Gasteiger partial charge in [-0.25, -0.2) is 15.6 Å². The first-order chi connectivity index (χ1) is 16.5. The molecule has 0 aliphatic carbocycles. The predicted octanol–water partition coefficient (Wildman–Crippen LogP) is 2.17. The quantitative estimate of drug-likeness (QED) is 0.387. The van der Waals surface area contributed by atoms with Gasteiger partial charge in [-0.15, -0.1) is 0 Å². The second kappa shape index (κ2) is 9.97. The number of aromatic nitrogens is 2. The summed E-state index contributed by atoms with van der Waals surface area (Å²) in [6, 6.07) is 7.82. The standard InChI is InChI=1S/C24H31N5O4S/c1-32-23(30)18-4-2-3-17(15-18)16-5-10-28(11-6-16)24-26-20-9-14-34(31)21(20)22(27-24)29(25)19-7-12-33-13-8-19/h2-4,15-16,19H,5-14,25H2,1H3. The molecule has 2 saturated heterocycles. The molecule has 182 valence electrons. The Kier molecular flexibility index (Phi) is 6.80. The van der Waals surface area contributed by atoms with Crippen LogP contribution in [-0.2, 0) is 26.7 Å². The molecule has 0 saturated carbocycles. The smallest absolute Gasteiger partial charge is 0.337 e. The number of methoxy groups -OCH3 is 1. The number of hydrazine groups is 1. The summed E-state index contributed by atoms with van der Waals surface area (Å²) in [5.74, 6) is 8.43. The van der Waals surface area contributed by atoms with E-state index in [4.69, 9.17) is 25.3 Å². The fourth-order valence-electron chi connectivity index (χ4n) is 5.07. The maximum absolute atomic E-state index is 12.7. The Bertz CT molecular complexity index is 1080. The Morgan fingerprint density at radius 3 is 2.71 bits per heavy atom. The van der Waals surface area contributed by atoms with Crippen molar-refractivity contribution in [3.05, 3.63) is 41.1 Å². The van der Waals surface area contributed by atoms with Crippen LogP contribution in [0.2, 0.25) is 0 Å². The average Bonchev–Trinajstić information content (AvgIpc) is 3.28. The highest BCUT2D eigenvalue weighted by Crippen LogP contribution is 2.35. The Hall–Kier alpha value is -2.56. The van der Waals surface area contributed by atoms with Gasteiger partial charge in [0.05, 0.1) is 35.2 Å². The number of nitrogens with zero attached hydrogens (tertiary/aromatic N) is 4. The first-order valence-electron chi connectivity index (χ1n) is 11.9. The lowest BCUT2D eigenvalue weighted by Gasteiger charge is -2.35. The molecule has 3 aliphatic rings. The zero-order valence-corrected chi connectivity index (χ0v) is 20.3. The molecule has 9 nitrogen and oxygen atoms in total. The van der Waals surface area contributed by atoms with Crippen LogP contribution in [0.15, 0.2) is 29.2 Å². The molecule has 1 unspecified atom stereocenters. The zero-order chi connectivity index (χ0) is 23.7. The first kappa shape index (κ1) is 23.2. The number of hydrogen-bond donors (Lipinski definition) is 1. The van der Waals surface area contributed by atoms with E-state index in [1.54, 1.807) is 11.1 Å². The minimum atomic E-state index is -1.12. The molecule has 2 aromatic rings. The third kappa shape index (κ3) is 4.54. The van der Waals surface area contributed by atoms with Crippen molar-refractivity contribution in [1.82, 2.24) is 9.97 Å². The summed E-state index contributed by atoms with van der Waals surface area (Å²) in [7, 11) is 0.282. The molecule has 0 amide bonds. The van der Waals surface area contributed by atoms with Gasteiger partial charge in [-0.05, 0) is 49.3 Å². The van der Waals surface area contributed by atoms with Crippen molar-refractivity contribution in [1.29, 1.82) is 0 Å². The number of rotatable bonds is 5. The number of carbonyl (C=O) groups excluding carboxylic acids is 1.